The van der Waals surface area contributed by atoms with E-state index in [9.17, 15) is 9.59 Å². The molecule has 1 rings (SSSR count). The maximum atomic E-state index is 11.2. The fraction of sp³-hybridized carbons (Fsp3) is 0.444. The number of carbonyl (C=O) groups is 2. The SMILES string of the molecule is O=C(NCCc1cscn1)N[C@H](CO)C(=O)O. The molecule has 1 aromatic rings. The first-order valence-corrected chi connectivity index (χ1v) is 5.83. The van der Waals surface area contributed by atoms with Gasteiger partial charge >= 0.3 is 12.0 Å². The molecule has 1 atom stereocenters. The topological polar surface area (TPSA) is 112 Å². The molecule has 4 N–H and O–H groups in total. The van der Waals surface area contributed by atoms with E-state index in [0.717, 1.165) is 5.69 Å². The molecule has 0 aliphatic heterocycles. The third-order valence-corrected chi connectivity index (χ3v) is 2.57. The van der Waals surface area contributed by atoms with Crippen molar-refractivity contribution in [3.8, 4) is 0 Å². The first kappa shape index (κ1) is 13.4. The van der Waals surface area contributed by atoms with Crippen molar-refractivity contribution in [2.24, 2.45) is 0 Å². The third-order valence-electron chi connectivity index (χ3n) is 1.94. The molecule has 17 heavy (non-hydrogen) atoms. The van der Waals surface area contributed by atoms with E-state index >= 15 is 0 Å². The summed E-state index contributed by atoms with van der Waals surface area (Å²) in [5, 5.41) is 23.8. The van der Waals surface area contributed by atoms with E-state index in [2.05, 4.69) is 15.6 Å². The molecule has 2 amide bonds. The molecule has 1 aromatic heterocycles. The Bertz CT molecular complexity index is 368. The van der Waals surface area contributed by atoms with Gasteiger partial charge in [-0.25, -0.2) is 14.6 Å². The van der Waals surface area contributed by atoms with Gasteiger partial charge in [0.1, 0.15) is 0 Å². The van der Waals surface area contributed by atoms with Gasteiger partial charge in [-0.3, -0.25) is 0 Å². The number of hydrogen-bond donors (Lipinski definition) is 4. The summed E-state index contributed by atoms with van der Waals surface area (Å²) in [6.07, 6.45) is 0.577. The summed E-state index contributed by atoms with van der Waals surface area (Å²) in [6, 6.07) is -1.91. The Morgan fingerprint density at radius 1 is 1.53 bits per heavy atom. The smallest absolute Gasteiger partial charge is 0.328 e. The van der Waals surface area contributed by atoms with E-state index in [-0.39, 0.29) is 0 Å². The van der Waals surface area contributed by atoms with E-state index in [1.54, 1.807) is 5.51 Å². The molecule has 0 radical (unpaired) electrons. The predicted octanol–water partition coefficient (Wildman–Crippen LogP) is -0.570. The number of thiazole rings is 1. The Morgan fingerprint density at radius 2 is 2.29 bits per heavy atom. The molecule has 0 saturated heterocycles. The summed E-state index contributed by atoms with van der Waals surface area (Å²) in [7, 11) is 0. The number of nitrogens with one attached hydrogen (secondary N) is 2. The maximum Gasteiger partial charge on any atom is 0.328 e. The van der Waals surface area contributed by atoms with Crippen LogP contribution in [0, 0.1) is 0 Å². The minimum absolute atomic E-state index is 0.354. The van der Waals surface area contributed by atoms with Crippen molar-refractivity contribution in [2.45, 2.75) is 12.5 Å². The van der Waals surface area contributed by atoms with Gasteiger partial charge in [-0.15, -0.1) is 11.3 Å². The number of aliphatic hydroxyl groups is 1. The van der Waals surface area contributed by atoms with Crippen LogP contribution in [0.3, 0.4) is 0 Å². The quantitative estimate of drug-likeness (QED) is 0.546. The number of hydrogen-bond acceptors (Lipinski definition) is 5. The van der Waals surface area contributed by atoms with Crippen LogP contribution in [-0.4, -0.2) is 46.4 Å². The summed E-state index contributed by atoms with van der Waals surface area (Å²) < 4.78 is 0. The maximum absolute atomic E-state index is 11.2. The summed E-state index contributed by atoms with van der Waals surface area (Å²) >= 11 is 1.47. The highest BCUT2D eigenvalue weighted by Gasteiger charge is 2.18. The minimum Gasteiger partial charge on any atom is -0.480 e. The molecule has 8 heteroatoms. The van der Waals surface area contributed by atoms with Crippen molar-refractivity contribution in [3.05, 3.63) is 16.6 Å². The molecular weight excluding hydrogens is 246 g/mol. The van der Waals surface area contributed by atoms with Crippen molar-refractivity contribution < 1.29 is 19.8 Å². The number of aliphatic hydroxyl groups excluding tert-OH is 1. The minimum atomic E-state index is -1.28. The van der Waals surface area contributed by atoms with E-state index in [1.165, 1.54) is 11.3 Å². The molecule has 7 nitrogen and oxygen atoms in total. The molecule has 1 heterocycles. The van der Waals surface area contributed by atoms with Gasteiger partial charge in [-0.05, 0) is 0 Å². The number of carbonyl (C=O) groups excluding carboxylic acids is 1. The van der Waals surface area contributed by atoms with Gasteiger partial charge in [0.25, 0.3) is 0 Å². The highest BCUT2D eigenvalue weighted by molar-refractivity contribution is 7.07. The molecular formula is C9H13N3O4S. The van der Waals surface area contributed by atoms with Crippen LogP contribution in [0.15, 0.2) is 10.9 Å². The molecule has 0 unspecified atom stereocenters. The number of aliphatic carboxylic acids is 1. The molecule has 94 valence electrons. The van der Waals surface area contributed by atoms with E-state index in [1.807, 2.05) is 5.38 Å². The lowest BCUT2D eigenvalue weighted by Crippen LogP contribution is -2.48. The summed E-state index contributed by atoms with van der Waals surface area (Å²) in [6.45, 7) is -0.290. The first-order valence-electron chi connectivity index (χ1n) is 4.88. The number of nitrogens with zero attached hydrogens (tertiary/aromatic N) is 1. The van der Waals surface area contributed by atoms with Gasteiger partial charge < -0.3 is 20.8 Å². The van der Waals surface area contributed by atoms with Gasteiger partial charge in [0, 0.05) is 18.3 Å². The lowest BCUT2D eigenvalue weighted by Gasteiger charge is -2.12. The van der Waals surface area contributed by atoms with Gasteiger partial charge in [0.15, 0.2) is 6.04 Å². The van der Waals surface area contributed by atoms with Crippen LogP contribution in [0.25, 0.3) is 0 Å². The summed E-state index contributed by atoms with van der Waals surface area (Å²) in [4.78, 5) is 25.8. The molecule has 0 bridgehead atoms. The molecule has 0 saturated carbocycles. The van der Waals surface area contributed by atoms with Gasteiger partial charge in [0.2, 0.25) is 0 Å². The van der Waals surface area contributed by atoms with Crippen molar-refractivity contribution in [2.75, 3.05) is 13.2 Å². The van der Waals surface area contributed by atoms with Crippen LogP contribution >= 0.6 is 11.3 Å². The Morgan fingerprint density at radius 3 is 2.82 bits per heavy atom. The Kier molecular flexibility index (Phi) is 5.37. The third kappa shape index (κ3) is 4.79. The van der Waals surface area contributed by atoms with E-state index < -0.39 is 24.6 Å². The fourth-order valence-corrected chi connectivity index (χ4v) is 1.65. The number of carboxylic acid groups (broad SMARTS) is 1. The number of urea groups is 1. The van der Waals surface area contributed by atoms with Crippen molar-refractivity contribution >= 4 is 23.3 Å². The van der Waals surface area contributed by atoms with E-state index in [4.69, 9.17) is 10.2 Å². The highest BCUT2D eigenvalue weighted by Crippen LogP contribution is 2.00. The fourth-order valence-electron chi connectivity index (χ4n) is 1.06. The summed E-state index contributed by atoms with van der Waals surface area (Å²) in [5.74, 6) is -1.28. The lowest BCUT2D eigenvalue weighted by atomic mass is 10.3. The lowest BCUT2D eigenvalue weighted by molar-refractivity contribution is -0.140. The van der Waals surface area contributed by atoms with Crippen LogP contribution in [0.1, 0.15) is 5.69 Å². The zero-order chi connectivity index (χ0) is 12.7. The van der Waals surface area contributed by atoms with Crippen LogP contribution in [0.4, 0.5) is 4.79 Å². The standard InChI is InChI=1S/C9H13N3O4S/c13-3-7(8(14)15)12-9(16)10-2-1-6-4-17-5-11-6/h4-5,7,13H,1-3H2,(H,14,15)(H2,10,12,16)/t7-/m1/s1. The largest absolute Gasteiger partial charge is 0.480 e. The molecule has 0 fully saturated rings. The zero-order valence-electron chi connectivity index (χ0n) is 8.92. The normalized spacial score (nSPS) is 11.8. The molecule has 0 aliphatic rings. The van der Waals surface area contributed by atoms with Crippen molar-refractivity contribution in [3.63, 3.8) is 0 Å². The number of rotatable bonds is 6. The van der Waals surface area contributed by atoms with E-state index in [0.29, 0.717) is 13.0 Å². The van der Waals surface area contributed by atoms with Gasteiger partial charge in [0.05, 0.1) is 17.8 Å². The second kappa shape index (κ2) is 6.81. The Labute approximate surface area is 101 Å². The monoisotopic (exact) mass is 259 g/mol. The number of carboxylic acids is 1. The second-order valence-corrected chi connectivity index (χ2v) is 3.92. The van der Waals surface area contributed by atoms with Gasteiger partial charge in [-0.1, -0.05) is 0 Å². The Balaban J connectivity index is 2.23. The number of amides is 2. The second-order valence-electron chi connectivity index (χ2n) is 3.20. The molecule has 0 aromatic carbocycles. The zero-order valence-corrected chi connectivity index (χ0v) is 9.74. The van der Waals surface area contributed by atoms with Crippen LogP contribution < -0.4 is 10.6 Å². The molecule has 0 spiro atoms. The average Bonchev–Trinajstić information content (AvgIpc) is 2.78. The van der Waals surface area contributed by atoms with Gasteiger partial charge in [-0.2, -0.15) is 0 Å². The number of aromatic nitrogens is 1. The van der Waals surface area contributed by atoms with Crippen LogP contribution in [0.2, 0.25) is 0 Å². The highest BCUT2D eigenvalue weighted by atomic mass is 32.1. The molecule has 0 aliphatic carbocycles. The first-order chi connectivity index (χ1) is 8.13. The Hall–Kier alpha value is -1.67. The average molecular weight is 259 g/mol. The van der Waals surface area contributed by atoms with Crippen LogP contribution in [0.5, 0.6) is 0 Å². The predicted molar refractivity (Wildman–Crippen MR) is 60.9 cm³/mol. The van der Waals surface area contributed by atoms with Crippen molar-refractivity contribution in [1.29, 1.82) is 0 Å². The van der Waals surface area contributed by atoms with Crippen molar-refractivity contribution in [1.82, 2.24) is 15.6 Å². The van der Waals surface area contributed by atoms with Crippen LogP contribution in [-0.2, 0) is 11.2 Å². The summed E-state index contributed by atoms with van der Waals surface area (Å²) in [5.41, 5.74) is 2.56.